The van der Waals surface area contributed by atoms with Gasteiger partial charge in [-0.05, 0) is 31.0 Å². The lowest BCUT2D eigenvalue weighted by Crippen LogP contribution is -2.43. The van der Waals surface area contributed by atoms with Gasteiger partial charge in [-0.15, -0.1) is 0 Å². The zero-order chi connectivity index (χ0) is 13.3. The van der Waals surface area contributed by atoms with Crippen molar-refractivity contribution >= 4 is 35.0 Å². The van der Waals surface area contributed by atoms with Gasteiger partial charge in [-0.2, -0.15) is 0 Å². The van der Waals surface area contributed by atoms with Gasteiger partial charge in [0.05, 0.1) is 10.0 Å². The Bertz CT molecular complexity index is 505. The molecule has 1 aromatic carbocycles. The van der Waals surface area contributed by atoms with Gasteiger partial charge in [0.15, 0.2) is 0 Å². The second kappa shape index (κ2) is 5.16. The van der Waals surface area contributed by atoms with Gasteiger partial charge in [0.25, 0.3) is 5.91 Å². The number of hydrogen-bond donors (Lipinski definition) is 1. The molecule has 0 unspecified atom stereocenters. The summed E-state index contributed by atoms with van der Waals surface area (Å²) in [6.07, 6.45) is 1.39. The van der Waals surface area contributed by atoms with E-state index >= 15 is 0 Å². The fourth-order valence-electron chi connectivity index (χ4n) is 2.10. The maximum absolute atomic E-state index is 12.2. The van der Waals surface area contributed by atoms with Crippen LogP contribution in [0.4, 0.5) is 0 Å². The first kappa shape index (κ1) is 13.2. The number of amides is 2. The Morgan fingerprint density at radius 3 is 2.61 bits per heavy atom. The van der Waals surface area contributed by atoms with Crippen LogP contribution >= 0.6 is 23.2 Å². The summed E-state index contributed by atoms with van der Waals surface area (Å²) in [7, 11) is 0. The van der Waals surface area contributed by atoms with E-state index in [1.54, 1.807) is 12.1 Å². The molecule has 1 fully saturated rings. The van der Waals surface area contributed by atoms with Gasteiger partial charge in [0, 0.05) is 12.1 Å². The molecule has 1 atom stereocenters. The minimum atomic E-state index is -0.521. The summed E-state index contributed by atoms with van der Waals surface area (Å²) < 4.78 is 0. The number of rotatable bonds is 2. The average Bonchev–Trinajstić information content (AvgIpc) is 2.81. The van der Waals surface area contributed by atoms with Crippen LogP contribution in [0.15, 0.2) is 18.2 Å². The second-order valence-corrected chi connectivity index (χ2v) is 5.00. The number of halogens is 2. The molecule has 0 aliphatic carbocycles. The first-order chi connectivity index (χ1) is 8.50. The first-order valence-corrected chi connectivity index (χ1v) is 6.31. The van der Waals surface area contributed by atoms with Crippen molar-refractivity contribution in [1.82, 2.24) is 4.90 Å². The van der Waals surface area contributed by atoms with Crippen molar-refractivity contribution in [2.24, 2.45) is 5.73 Å². The third kappa shape index (κ3) is 2.44. The van der Waals surface area contributed by atoms with Crippen LogP contribution < -0.4 is 5.73 Å². The van der Waals surface area contributed by atoms with E-state index in [-0.39, 0.29) is 5.91 Å². The standard InChI is InChI=1S/C12H12Cl2N2O2/c13-8-4-3-7(6-9(8)14)12(18)16-5-1-2-10(16)11(15)17/h3-4,6,10H,1-2,5H2,(H2,15,17)/t10-/m0/s1. The number of hydrogen-bond acceptors (Lipinski definition) is 2. The number of carbonyl (C=O) groups is 2. The quantitative estimate of drug-likeness (QED) is 0.905. The number of primary amides is 1. The Morgan fingerprint density at radius 2 is 2.00 bits per heavy atom. The topological polar surface area (TPSA) is 63.4 Å². The molecule has 18 heavy (non-hydrogen) atoms. The maximum atomic E-state index is 12.2. The van der Waals surface area contributed by atoms with Crippen molar-refractivity contribution in [3.05, 3.63) is 33.8 Å². The van der Waals surface area contributed by atoms with Crippen molar-refractivity contribution in [1.29, 1.82) is 0 Å². The molecule has 0 saturated carbocycles. The molecular weight excluding hydrogens is 275 g/mol. The predicted octanol–water partition coefficient (Wildman–Crippen LogP) is 2.08. The minimum Gasteiger partial charge on any atom is -0.368 e. The normalized spacial score (nSPS) is 19.0. The van der Waals surface area contributed by atoms with E-state index in [9.17, 15) is 9.59 Å². The number of carbonyl (C=O) groups excluding carboxylic acids is 2. The molecule has 6 heteroatoms. The minimum absolute atomic E-state index is 0.241. The molecule has 2 amide bonds. The fourth-order valence-corrected chi connectivity index (χ4v) is 2.40. The van der Waals surface area contributed by atoms with Crippen molar-refractivity contribution in [3.8, 4) is 0 Å². The lowest BCUT2D eigenvalue weighted by Gasteiger charge is -2.22. The van der Waals surface area contributed by atoms with E-state index in [0.717, 1.165) is 6.42 Å². The zero-order valence-electron chi connectivity index (χ0n) is 9.53. The molecule has 1 saturated heterocycles. The highest BCUT2D eigenvalue weighted by atomic mass is 35.5. The van der Waals surface area contributed by atoms with Crippen LogP contribution in [0.25, 0.3) is 0 Å². The van der Waals surface area contributed by atoms with Crippen LogP contribution in [0.1, 0.15) is 23.2 Å². The smallest absolute Gasteiger partial charge is 0.254 e. The SMILES string of the molecule is NC(=O)[C@@H]1CCCN1C(=O)c1ccc(Cl)c(Cl)c1. The summed E-state index contributed by atoms with van der Waals surface area (Å²) in [5.74, 6) is -0.712. The zero-order valence-corrected chi connectivity index (χ0v) is 11.0. The van der Waals surface area contributed by atoms with Crippen molar-refractivity contribution < 1.29 is 9.59 Å². The highest BCUT2D eigenvalue weighted by molar-refractivity contribution is 6.42. The third-order valence-electron chi connectivity index (χ3n) is 3.01. The summed E-state index contributed by atoms with van der Waals surface area (Å²) in [6, 6.07) is 4.13. The summed E-state index contributed by atoms with van der Waals surface area (Å²) in [4.78, 5) is 25.0. The largest absolute Gasteiger partial charge is 0.368 e. The first-order valence-electron chi connectivity index (χ1n) is 5.56. The van der Waals surface area contributed by atoms with Gasteiger partial charge in [-0.25, -0.2) is 0 Å². The van der Waals surface area contributed by atoms with Crippen LogP contribution in [-0.4, -0.2) is 29.3 Å². The van der Waals surface area contributed by atoms with E-state index in [2.05, 4.69) is 0 Å². The number of benzene rings is 1. The van der Waals surface area contributed by atoms with E-state index < -0.39 is 11.9 Å². The molecule has 1 aromatic rings. The third-order valence-corrected chi connectivity index (χ3v) is 3.75. The number of nitrogens with two attached hydrogens (primary N) is 1. The molecule has 1 aliphatic rings. The Hall–Kier alpha value is -1.26. The highest BCUT2D eigenvalue weighted by Crippen LogP contribution is 2.25. The molecule has 0 aromatic heterocycles. The number of nitrogens with zero attached hydrogens (tertiary/aromatic N) is 1. The van der Waals surface area contributed by atoms with Gasteiger partial charge in [-0.3, -0.25) is 9.59 Å². The Balaban J connectivity index is 2.25. The van der Waals surface area contributed by atoms with E-state index in [0.29, 0.717) is 28.6 Å². The molecular formula is C12H12Cl2N2O2. The van der Waals surface area contributed by atoms with Gasteiger partial charge in [-0.1, -0.05) is 23.2 Å². The summed E-state index contributed by atoms with van der Waals surface area (Å²) in [5.41, 5.74) is 5.69. The highest BCUT2D eigenvalue weighted by Gasteiger charge is 2.33. The van der Waals surface area contributed by atoms with Gasteiger partial charge in [0.2, 0.25) is 5.91 Å². The van der Waals surface area contributed by atoms with Crippen LogP contribution in [0, 0.1) is 0 Å². The van der Waals surface area contributed by atoms with Crippen molar-refractivity contribution in [2.45, 2.75) is 18.9 Å². The van der Waals surface area contributed by atoms with Gasteiger partial charge < -0.3 is 10.6 Å². The van der Waals surface area contributed by atoms with E-state index in [1.807, 2.05) is 0 Å². The van der Waals surface area contributed by atoms with Crippen molar-refractivity contribution in [3.63, 3.8) is 0 Å². The molecule has 2 rings (SSSR count). The van der Waals surface area contributed by atoms with E-state index in [4.69, 9.17) is 28.9 Å². The monoisotopic (exact) mass is 286 g/mol. The molecule has 0 spiro atoms. The molecule has 0 bridgehead atoms. The summed E-state index contributed by atoms with van der Waals surface area (Å²) >= 11 is 11.7. The van der Waals surface area contributed by atoms with Crippen LogP contribution in [0.2, 0.25) is 10.0 Å². The second-order valence-electron chi connectivity index (χ2n) is 4.19. The molecule has 1 aliphatic heterocycles. The van der Waals surface area contributed by atoms with Gasteiger partial charge >= 0.3 is 0 Å². The maximum Gasteiger partial charge on any atom is 0.254 e. The lowest BCUT2D eigenvalue weighted by atomic mass is 10.1. The Kier molecular flexibility index (Phi) is 3.78. The molecule has 0 radical (unpaired) electrons. The Morgan fingerprint density at radius 1 is 1.28 bits per heavy atom. The van der Waals surface area contributed by atoms with Crippen molar-refractivity contribution in [2.75, 3.05) is 6.54 Å². The van der Waals surface area contributed by atoms with Crippen LogP contribution in [0.5, 0.6) is 0 Å². The molecule has 96 valence electrons. The molecule has 1 heterocycles. The molecule has 4 nitrogen and oxygen atoms in total. The lowest BCUT2D eigenvalue weighted by molar-refractivity contribution is -0.121. The van der Waals surface area contributed by atoms with Crippen LogP contribution in [-0.2, 0) is 4.79 Å². The summed E-state index contributed by atoms with van der Waals surface area (Å²) in [6.45, 7) is 0.534. The fraction of sp³-hybridized carbons (Fsp3) is 0.333. The number of likely N-dealkylation sites (tertiary alicyclic amines) is 1. The van der Waals surface area contributed by atoms with Gasteiger partial charge in [0.1, 0.15) is 6.04 Å². The Labute approximate surface area is 115 Å². The van der Waals surface area contributed by atoms with Crippen LogP contribution in [0.3, 0.4) is 0 Å². The molecule has 2 N–H and O–H groups in total. The predicted molar refractivity (Wildman–Crippen MR) is 69.7 cm³/mol. The summed E-state index contributed by atoms with van der Waals surface area (Å²) in [5, 5.41) is 0.707. The van der Waals surface area contributed by atoms with E-state index in [1.165, 1.54) is 11.0 Å². The average molecular weight is 287 g/mol.